The number of nitrogens with one attached hydrogen (secondary N) is 2. The van der Waals surface area contributed by atoms with E-state index in [-0.39, 0.29) is 12.5 Å². The molecule has 0 fully saturated rings. The quantitative estimate of drug-likeness (QED) is 0.478. The predicted molar refractivity (Wildman–Crippen MR) is 105 cm³/mol. The van der Waals surface area contributed by atoms with Crippen LogP contribution >= 0.6 is 0 Å². The normalized spacial score (nSPS) is 11.9. The molecule has 0 bridgehead atoms. The molecule has 1 atom stereocenters. The second kappa shape index (κ2) is 11.0. The molecule has 1 aromatic heterocycles. The summed E-state index contributed by atoms with van der Waals surface area (Å²) < 4.78 is 58.3. The zero-order valence-corrected chi connectivity index (χ0v) is 16.3. The van der Waals surface area contributed by atoms with Gasteiger partial charge in [-0.2, -0.15) is 13.2 Å². The van der Waals surface area contributed by atoms with Gasteiger partial charge in [0.05, 0.1) is 5.92 Å². The molecule has 32 heavy (non-hydrogen) atoms. The molecule has 1 unspecified atom stereocenters. The summed E-state index contributed by atoms with van der Waals surface area (Å²) in [6, 6.07) is 15.3. The van der Waals surface area contributed by atoms with Crippen LogP contribution in [0.2, 0.25) is 0 Å². The first-order chi connectivity index (χ1) is 15.1. The molecule has 0 aliphatic rings. The fourth-order valence-electron chi connectivity index (χ4n) is 2.56. The third kappa shape index (κ3) is 7.18. The molecule has 0 aliphatic carbocycles. The number of alkyl halides is 5. The summed E-state index contributed by atoms with van der Waals surface area (Å²) >= 11 is 0. The molecule has 3 rings (SSSR count). The molecular weight excluding hydrogens is 437 g/mol. The zero-order chi connectivity index (χ0) is 23.7. The number of hydrogen-bond donors (Lipinski definition) is 3. The number of amides is 1. The van der Waals surface area contributed by atoms with Crippen LogP contribution in [0.5, 0.6) is 0 Å². The SMILES string of the molecule is O=C(NCC(c1ccccc1)C(F)F)c1ccc(-c2ncc[nH]2)cc1.O=C(O)C(F)(F)F. The van der Waals surface area contributed by atoms with Crippen molar-refractivity contribution in [3.63, 3.8) is 0 Å². The summed E-state index contributed by atoms with van der Waals surface area (Å²) in [5.74, 6) is -3.47. The van der Waals surface area contributed by atoms with E-state index in [9.17, 15) is 26.7 Å². The minimum absolute atomic E-state index is 0.125. The largest absolute Gasteiger partial charge is 0.490 e. The fraction of sp³-hybridized carbons (Fsp3) is 0.190. The maximum Gasteiger partial charge on any atom is 0.490 e. The average Bonchev–Trinajstić information content (AvgIpc) is 3.29. The Labute approximate surface area is 179 Å². The number of rotatable bonds is 6. The van der Waals surface area contributed by atoms with E-state index in [1.165, 1.54) is 0 Å². The molecule has 3 N–H and O–H groups in total. The molecule has 1 amide bonds. The number of imidazole rings is 1. The molecule has 0 radical (unpaired) electrons. The van der Waals surface area contributed by atoms with Gasteiger partial charge in [0, 0.05) is 30.1 Å². The third-order valence-electron chi connectivity index (χ3n) is 4.18. The second-order valence-electron chi connectivity index (χ2n) is 6.38. The van der Waals surface area contributed by atoms with E-state index in [2.05, 4.69) is 15.3 Å². The Morgan fingerprint density at radius 3 is 2.09 bits per heavy atom. The molecule has 0 saturated carbocycles. The summed E-state index contributed by atoms with van der Waals surface area (Å²) in [6.07, 6.45) is -4.28. The molecule has 0 saturated heterocycles. The van der Waals surface area contributed by atoms with Crippen molar-refractivity contribution in [1.29, 1.82) is 0 Å². The summed E-state index contributed by atoms with van der Waals surface area (Å²) in [5, 5.41) is 9.72. The van der Waals surface area contributed by atoms with Crippen LogP contribution in [0, 0.1) is 0 Å². The lowest BCUT2D eigenvalue weighted by atomic mass is 9.99. The van der Waals surface area contributed by atoms with Crippen molar-refractivity contribution < 1.29 is 36.6 Å². The Balaban J connectivity index is 0.000000451. The van der Waals surface area contributed by atoms with E-state index in [0.717, 1.165) is 5.56 Å². The van der Waals surface area contributed by atoms with Crippen LogP contribution in [0.25, 0.3) is 11.4 Å². The summed E-state index contributed by atoms with van der Waals surface area (Å²) in [5.41, 5.74) is 1.76. The van der Waals surface area contributed by atoms with Crippen LogP contribution in [0.15, 0.2) is 67.0 Å². The first-order valence-corrected chi connectivity index (χ1v) is 9.10. The Morgan fingerprint density at radius 2 is 1.62 bits per heavy atom. The van der Waals surface area contributed by atoms with Crippen molar-refractivity contribution >= 4 is 11.9 Å². The number of carboxylic acid groups (broad SMARTS) is 1. The van der Waals surface area contributed by atoms with Crippen LogP contribution < -0.4 is 5.32 Å². The van der Waals surface area contributed by atoms with Crippen molar-refractivity contribution in [2.24, 2.45) is 0 Å². The summed E-state index contributed by atoms with van der Waals surface area (Å²) in [6.45, 7) is -0.125. The molecule has 1 heterocycles. The molecule has 6 nitrogen and oxygen atoms in total. The first-order valence-electron chi connectivity index (χ1n) is 9.10. The van der Waals surface area contributed by atoms with Gasteiger partial charge in [0.15, 0.2) is 0 Å². The van der Waals surface area contributed by atoms with Crippen LogP contribution in [0.3, 0.4) is 0 Å². The van der Waals surface area contributed by atoms with Gasteiger partial charge in [0.2, 0.25) is 6.43 Å². The number of H-pyrrole nitrogens is 1. The van der Waals surface area contributed by atoms with Gasteiger partial charge >= 0.3 is 12.1 Å². The Kier molecular flexibility index (Phi) is 8.45. The van der Waals surface area contributed by atoms with Gasteiger partial charge in [-0.3, -0.25) is 4.79 Å². The van der Waals surface area contributed by atoms with Gasteiger partial charge in [-0.05, 0) is 17.7 Å². The number of aromatic nitrogens is 2. The van der Waals surface area contributed by atoms with Gasteiger partial charge in [-0.25, -0.2) is 18.6 Å². The number of halogens is 5. The molecule has 0 spiro atoms. The zero-order valence-electron chi connectivity index (χ0n) is 16.3. The first kappa shape index (κ1) is 24.5. The molecule has 0 aliphatic heterocycles. The van der Waals surface area contributed by atoms with E-state index in [1.54, 1.807) is 67.0 Å². The highest BCUT2D eigenvalue weighted by Gasteiger charge is 2.38. The lowest BCUT2D eigenvalue weighted by Crippen LogP contribution is -2.31. The average molecular weight is 455 g/mol. The van der Waals surface area contributed by atoms with Crippen molar-refractivity contribution in [1.82, 2.24) is 15.3 Å². The van der Waals surface area contributed by atoms with Crippen molar-refractivity contribution in [2.45, 2.75) is 18.5 Å². The monoisotopic (exact) mass is 455 g/mol. The van der Waals surface area contributed by atoms with Gasteiger partial charge in [0.25, 0.3) is 5.91 Å². The smallest absolute Gasteiger partial charge is 0.475 e. The number of carbonyl (C=O) groups is 2. The second-order valence-corrected chi connectivity index (χ2v) is 6.38. The number of benzene rings is 2. The fourth-order valence-corrected chi connectivity index (χ4v) is 2.56. The molecule has 170 valence electrons. The summed E-state index contributed by atoms with van der Waals surface area (Å²) in [4.78, 5) is 28.2. The highest BCUT2D eigenvalue weighted by atomic mass is 19.4. The van der Waals surface area contributed by atoms with Crippen LogP contribution in [-0.4, -0.2) is 46.1 Å². The van der Waals surface area contributed by atoms with Crippen molar-refractivity contribution in [2.75, 3.05) is 6.54 Å². The van der Waals surface area contributed by atoms with E-state index in [0.29, 0.717) is 17.0 Å². The highest BCUT2D eigenvalue weighted by molar-refractivity contribution is 5.94. The predicted octanol–water partition coefficient (Wildman–Crippen LogP) is 4.49. The van der Waals surface area contributed by atoms with E-state index >= 15 is 0 Å². The number of aromatic amines is 1. The van der Waals surface area contributed by atoms with Crippen molar-refractivity contribution in [3.05, 3.63) is 78.1 Å². The number of carboxylic acids is 1. The number of hydrogen-bond acceptors (Lipinski definition) is 3. The molecular formula is C21H18F5N3O3. The van der Waals surface area contributed by atoms with E-state index < -0.39 is 24.5 Å². The lowest BCUT2D eigenvalue weighted by molar-refractivity contribution is -0.192. The van der Waals surface area contributed by atoms with E-state index in [1.807, 2.05) is 0 Å². The maximum atomic E-state index is 13.3. The van der Waals surface area contributed by atoms with Gasteiger partial charge in [-0.1, -0.05) is 42.5 Å². The third-order valence-corrected chi connectivity index (χ3v) is 4.18. The van der Waals surface area contributed by atoms with E-state index in [4.69, 9.17) is 9.90 Å². The standard InChI is InChI=1S/C19H17F2N3O.C2HF3O2/c20-17(21)16(13-4-2-1-3-5-13)12-24-19(25)15-8-6-14(7-9-15)18-22-10-11-23-18;3-2(4,5)1(6)7/h1-11,16-17H,12H2,(H,22,23)(H,24,25);(H,6,7). The lowest BCUT2D eigenvalue weighted by Gasteiger charge is -2.17. The minimum atomic E-state index is -5.08. The number of aliphatic carboxylic acids is 1. The van der Waals surface area contributed by atoms with Crippen LogP contribution in [0.1, 0.15) is 21.8 Å². The van der Waals surface area contributed by atoms with Crippen LogP contribution in [0.4, 0.5) is 22.0 Å². The van der Waals surface area contributed by atoms with Gasteiger partial charge in [0.1, 0.15) is 5.82 Å². The molecule has 11 heteroatoms. The molecule has 3 aromatic rings. The Morgan fingerprint density at radius 1 is 1.03 bits per heavy atom. The van der Waals surface area contributed by atoms with Gasteiger partial charge < -0.3 is 15.4 Å². The minimum Gasteiger partial charge on any atom is -0.475 e. The number of carbonyl (C=O) groups excluding carboxylic acids is 1. The maximum absolute atomic E-state index is 13.3. The Bertz CT molecular complexity index is 992. The van der Waals surface area contributed by atoms with Gasteiger partial charge in [-0.15, -0.1) is 0 Å². The Hall–Kier alpha value is -3.76. The highest BCUT2D eigenvalue weighted by Crippen LogP contribution is 2.22. The summed E-state index contributed by atoms with van der Waals surface area (Å²) in [7, 11) is 0. The topological polar surface area (TPSA) is 95.1 Å². The van der Waals surface area contributed by atoms with Crippen LogP contribution in [-0.2, 0) is 4.79 Å². The molecule has 2 aromatic carbocycles. The number of nitrogens with zero attached hydrogens (tertiary/aromatic N) is 1. The van der Waals surface area contributed by atoms with Crippen molar-refractivity contribution in [3.8, 4) is 11.4 Å².